The van der Waals surface area contributed by atoms with Gasteiger partial charge in [-0.05, 0) is 89.5 Å². The van der Waals surface area contributed by atoms with Crippen molar-refractivity contribution in [3.8, 4) is 11.5 Å². The average molecular weight is 613 g/mol. The Morgan fingerprint density at radius 1 is 0.689 bits per heavy atom. The summed E-state index contributed by atoms with van der Waals surface area (Å²) >= 11 is 0. The third kappa shape index (κ3) is 9.57. The van der Waals surface area contributed by atoms with Crippen molar-refractivity contribution in [3.05, 3.63) is 95.1 Å². The van der Waals surface area contributed by atoms with Crippen LogP contribution in [0.2, 0.25) is 0 Å². The van der Waals surface area contributed by atoms with Crippen molar-refractivity contribution in [2.24, 2.45) is 0 Å². The molecule has 2 aliphatic heterocycles. The monoisotopic (exact) mass is 612 g/mol. The topological polar surface area (TPSA) is 34.2 Å². The smallest absolute Gasteiger partial charge is 0.120 e. The van der Waals surface area contributed by atoms with E-state index in [0.29, 0.717) is 0 Å². The fraction of sp³-hybridized carbons (Fsp3) is 0.550. The number of rotatable bonds is 12. The van der Waals surface area contributed by atoms with Gasteiger partial charge in [0.25, 0.3) is 0 Å². The molecule has 0 radical (unpaired) electrons. The molecule has 0 unspecified atom stereocenters. The zero-order valence-corrected chi connectivity index (χ0v) is 28.7. The lowest BCUT2D eigenvalue weighted by Crippen LogP contribution is -2.39. The molecule has 2 heterocycles. The Bertz CT molecular complexity index is 1320. The van der Waals surface area contributed by atoms with E-state index >= 15 is 0 Å². The second kappa shape index (κ2) is 15.2. The summed E-state index contributed by atoms with van der Waals surface area (Å²) in [6.45, 7) is 18.8. The number of hydrogen-bond acceptors (Lipinski definition) is 5. The highest BCUT2D eigenvalue weighted by molar-refractivity contribution is 5.42. The molecular weight excluding hydrogens is 556 g/mol. The van der Waals surface area contributed by atoms with Crippen molar-refractivity contribution < 1.29 is 14.2 Å². The third-order valence-electron chi connectivity index (χ3n) is 9.69. The van der Waals surface area contributed by atoms with Crippen molar-refractivity contribution >= 4 is 0 Å². The number of ether oxygens (including phenoxy) is 3. The van der Waals surface area contributed by atoms with Gasteiger partial charge in [-0.1, -0.05) is 83.1 Å². The molecule has 0 amide bonds. The highest BCUT2D eigenvalue weighted by atomic mass is 16.5. The van der Waals surface area contributed by atoms with Crippen molar-refractivity contribution in [2.45, 2.75) is 96.3 Å². The predicted octanol–water partition coefficient (Wildman–Crippen LogP) is 8.04. The number of piperidine rings is 2. The van der Waals surface area contributed by atoms with Crippen LogP contribution in [0.3, 0.4) is 0 Å². The van der Waals surface area contributed by atoms with Gasteiger partial charge in [0, 0.05) is 46.4 Å². The zero-order valence-electron chi connectivity index (χ0n) is 28.7. The number of hydrogen-bond donors (Lipinski definition) is 0. The minimum Gasteiger partial charge on any atom is -0.490 e. The lowest BCUT2D eigenvalue weighted by molar-refractivity contribution is 0.0797. The Balaban J connectivity index is 1.18. The summed E-state index contributed by atoms with van der Waals surface area (Å²) < 4.78 is 18.3. The summed E-state index contributed by atoms with van der Waals surface area (Å²) in [5, 5.41) is 0. The summed E-state index contributed by atoms with van der Waals surface area (Å²) in [6.07, 6.45) is 5.77. The highest BCUT2D eigenvalue weighted by Gasteiger charge is 2.28. The summed E-state index contributed by atoms with van der Waals surface area (Å²) in [7, 11) is 1.78. The van der Waals surface area contributed by atoms with Crippen LogP contribution in [0.5, 0.6) is 11.5 Å². The molecule has 0 spiro atoms. The van der Waals surface area contributed by atoms with Crippen LogP contribution in [0.15, 0.2) is 72.8 Å². The normalized spacial score (nSPS) is 17.8. The zero-order chi connectivity index (χ0) is 31.9. The van der Waals surface area contributed by atoms with Crippen LogP contribution in [-0.2, 0) is 28.5 Å². The van der Waals surface area contributed by atoms with Gasteiger partial charge in [-0.3, -0.25) is 4.90 Å². The molecule has 3 aromatic carbocycles. The fourth-order valence-corrected chi connectivity index (χ4v) is 6.97. The standard InChI is InChI=1S/C40H56N2O3/c1-39(2,3)38-17-16-37(45-36-18-22-41(23-19-36)26-27-43-6)28-32(38)29-40(4,5)33-12-14-34(15-13-33)44-35-20-24-42(25-21-35)30-31-10-8-7-9-11-31/h7-17,28,35-36H,18-27,29-30H2,1-6H3. The SMILES string of the molecule is COCCN1CCC(Oc2ccc(C(C)(C)C)c(CC(C)(C)c3ccc(OC4CCN(Cc5ccccc5)CC4)cc3)c2)CC1. The van der Waals surface area contributed by atoms with Gasteiger partial charge >= 0.3 is 0 Å². The number of benzene rings is 3. The quantitative estimate of drug-likeness (QED) is 0.207. The van der Waals surface area contributed by atoms with E-state index in [-0.39, 0.29) is 23.0 Å². The van der Waals surface area contributed by atoms with E-state index in [4.69, 9.17) is 14.2 Å². The van der Waals surface area contributed by atoms with Gasteiger partial charge in [0.05, 0.1) is 6.61 Å². The molecule has 2 aliphatic rings. The van der Waals surface area contributed by atoms with Crippen molar-refractivity contribution in [2.75, 3.05) is 46.4 Å². The summed E-state index contributed by atoms with van der Waals surface area (Å²) in [4.78, 5) is 5.02. The second-order valence-electron chi connectivity index (χ2n) is 14.9. The van der Waals surface area contributed by atoms with E-state index in [0.717, 1.165) is 89.5 Å². The Labute approximate surface area is 272 Å². The van der Waals surface area contributed by atoms with E-state index < -0.39 is 0 Å². The van der Waals surface area contributed by atoms with Gasteiger partial charge in [0.2, 0.25) is 0 Å². The first-order chi connectivity index (χ1) is 21.6. The summed E-state index contributed by atoms with van der Waals surface area (Å²) in [6, 6.07) is 26.5. The fourth-order valence-electron chi connectivity index (χ4n) is 6.97. The first-order valence-corrected chi connectivity index (χ1v) is 17.1. The minimum atomic E-state index is -0.0351. The lowest BCUT2D eigenvalue weighted by Gasteiger charge is -2.33. The summed E-state index contributed by atoms with van der Waals surface area (Å²) in [5.41, 5.74) is 5.53. The van der Waals surface area contributed by atoms with Gasteiger partial charge < -0.3 is 19.1 Å². The molecule has 0 saturated carbocycles. The van der Waals surface area contributed by atoms with Crippen LogP contribution in [0.25, 0.3) is 0 Å². The van der Waals surface area contributed by atoms with Crippen molar-refractivity contribution in [1.29, 1.82) is 0 Å². The first kappa shape index (κ1) is 33.5. The minimum absolute atomic E-state index is 0.0351. The van der Waals surface area contributed by atoms with E-state index in [1.165, 1.54) is 22.3 Å². The molecule has 45 heavy (non-hydrogen) atoms. The average Bonchev–Trinajstić information content (AvgIpc) is 3.02. The van der Waals surface area contributed by atoms with Crippen LogP contribution < -0.4 is 9.47 Å². The molecule has 0 aromatic heterocycles. The lowest BCUT2D eigenvalue weighted by atomic mass is 9.75. The van der Waals surface area contributed by atoms with Gasteiger partial charge in [-0.25, -0.2) is 0 Å². The molecule has 3 aromatic rings. The number of likely N-dealkylation sites (tertiary alicyclic amines) is 2. The van der Waals surface area contributed by atoms with E-state index in [9.17, 15) is 0 Å². The summed E-state index contributed by atoms with van der Waals surface area (Å²) in [5.74, 6) is 1.98. The Morgan fingerprint density at radius 3 is 1.87 bits per heavy atom. The van der Waals surface area contributed by atoms with Crippen molar-refractivity contribution in [3.63, 3.8) is 0 Å². The second-order valence-corrected chi connectivity index (χ2v) is 14.9. The van der Waals surface area contributed by atoms with Crippen LogP contribution in [0, 0.1) is 0 Å². The van der Waals surface area contributed by atoms with Gasteiger partial charge in [-0.2, -0.15) is 0 Å². The maximum atomic E-state index is 6.58. The molecular formula is C40H56N2O3. The van der Waals surface area contributed by atoms with Gasteiger partial charge in [0.15, 0.2) is 0 Å². The van der Waals surface area contributed by atoms with E-state index in [2.05, 4.69) is 117 Å². The predicted molar refractivity (Wildman–Crippen MR) is 186 cm³/mol. The number of methoxy groups -OCH3 is 1. The van der Waals surface area contributed by atoms with E-state index in [1.807, 2.05) is 0 Å². The molecule has 5 nitrogen and oxygen atoms in total. The first-order valence-electron chi connectivity index (χ1n) is 17.1. The molecule has 0 bridgehead atoms. The van der Waals surface area contributed by atoms with Crippen LogP contribution in [0.4, 0.5) is 0 Å². The Hall–Kier alpha value is -2.86. The highest BCUT2D eigenvalue weighted by Crippen LogP contribution is 2.36. The molecule has 5 rings (SSSR count). The molecule has 0 N–H and O–H groups in total. The van der Waals surface area contributed by atoms with Gasteiger partial charge in [-0.15, -0.1) is 0 Å². The van der Waals surface area contributed by atoms with Crippen LogP contribution in [-0.4, -0.2) is 68.4 Å². The maximum Gasteiger partial charge on any atom is 0.120 e. The maximum absolute atomic E-state index is 6.58. The molecule has 0 atom stereocenters. The number of nitrogens with zero attached hydrogens (tertiary/aromatic N) is 2. The van der Waals surface area contributed by atoms with Crippen LogP contribution >= 0.6 is 0 Å². The Kier molecular flexibility index (Phi) is 11.3. The molecule has 2 saturated heterocycles. The molecule has 5 heteroatoms. The van der Waals surface area contributed by atoms with Crippen LogP contribution in [0.1, 0.15) is 82.6 Å². The van der Waals surface area contributed by atoms with Gasteiger partial charge in [0.1, 0.15) is 23.7 Å². The molecule has 244 valence electrons. The molecule has 2 fully saturated rings. The van der Waals surface area contributed by atoms with E-state index in [1.54, 1.807) is 7.11 Å². The van der Waals surface area contributed by atoms with Crippen molar-refractivity contribution in [1.82, 2.24) is 9.80 Å². The third-order valence-corrected chi connectivity index (χ3v) is 9.69. The largest absolute Gasteiger partial charge is 0.490 e. The Morgan fingerprint density at radius 2 is 1.27 bits per heavy atom. The molecule has 0 aliphatic carbocycles.